The number of carbonyl (C=O) groups is 2. The van der Waals surface area contributed by atoms with E-state index in [1.165, 1.54) is 12.1 Å². The summed E-state index contributed by atoms with van der Waals surface area (Å²) in [5, 5.41) is 11.6. The Hall–Kier alpha value is -2.05. The van der Waals surface area contributed by atoms with E-state index in [9.17, 15) is 22.8 Å². The smallest absolute Gasteiger partial charge is 0.416 e. The standard InChI is InChI=1S/C17H22F3NO3/c1-3-4-13(16(23)24)10-21-15(22)11(2)9-12-5-7-14(8-6-12)17(18,19)20/h5-8,11,13H,3-4,9-10H2,1-2H3,(H,21,22)(H,23,24). The Morgan fingerprint density at radius 3 is 2.25 bits per heavy atom. The molecule has 2 unspecified atom stereocenters. The predicted molar refractivity (Wildman–Crippen MR) is 83.4 cm³/mol. The van der Waals surface area contributed by atoms with Crippen LogP contribution in [-0.2, 0) is 22.2 Å². The fourth-order valence-electron chi connectivity index (χ4n) is 2.34. The predicted octanol–water partition coefficient (Wildman–Crippen LogP) is 3.50. The molecule has 0 bridgehead atoms. The van der Waals surface area contributed by atoms with Crippen molar-refractivity contribution in [1.29, 1.82) is 0 Å². The summed E-state index contributed by atoms with van der Waals surface area (Å²) >= 11 is 0. The lowest BCUT2D eigenvalue weighted by Crippen LogP contribution is -2.36. The van der Waals surface area contributed by atoms with E-state index < -0.39 is 29.5 Å². The zero-order valence-electron chi connectivity index (χ0n) is 13.7. The third-order valence-corrected chi connectivity index (χ3v) is 3.78. The summed E-state index contributed by atoms with van der Waals surface area (Å²) in [5.41, 5.74) is -0.110. The lowest BCUT2D eigenvalue weighted by atomic mass is 9.98. The Kier molecular flexibility index (Phi) is 7.25. The van der Waals surface area contributed by atoms with Crippen molar-refractivity contribution in [3.63, 3.8) is 0 Å². The third kappa shape index (κ3) is 6.22. The van der Waals surface area contributed by atoms with Crippen molar-refractivity contribution >= 4 is 11.9 Å². The number of benzene rings is 1. The average Bonchev–Trinajstić information content (AvgIpc) is 2.50. The summed E-state index contributed by atoms with van der Waals surface area (Å²) in [4.78, 5) is 23.1. The van der Waals surface area contributed by atoms with Gasteiger partial charge in [-0.05, 0) is 30.5 Å². The molecule has 0 saturated carbocycles. The zero-order valence-corrected chi connectivity index (χ0v) is 13.7. The minimum atomic E-state index is -4.38. The maximum absolute atomic E-state index is 12.5. The van der Waals surface area contributed by atoms with Gasteiger partial charge in [0, 0.05) is 12.5 Å². The summed E-state index contributed by atoms with van der Waals surface area (Å²) < 4.78 is 37.5. The van der Waals surface area contributed by atoms with Gasteiger partial charge in [0.15, 0.2) is 0 Å². The third-order valence-electron chi connectivity index (χ3n) is 3.78. The normalized spacial score (nSPS) is 14.0. The Bertz CT molecular complexity index is 555. The molecule has 0 aliphatic carbocycles. The van der Waals surface area contributed by atoms with E-state index in [0.717, 1.165) is 12.1 Å². The Labute approximate surface area is 139 Å². The van der Waals surface area contributed by atoms with Crippen LogP contribution < -0.4 is 5.32 Å². The van der Waals surface area contributed by atoms with E-state index in [2.05, 4.69) is 5.32 Å². The molecular formula is C17H22F3NO3. The van der Waals surface area contributed by atoms with Crippen LogP contribution in [0.25, 0.3) is 0 Å². The summed E-state index contributed by atoms with van der Waals surface area (Å²) in [6.45, 7) is 3.58. The monoisotopic (exact) mass is 345 g/mol. The van der Waals surface area contributed by atoms with Crippen molar-refractivity contribution in [2.24, 2.45) is 11.8 Å². The van der Waals surface area contributed by atoms with Crippen LogP contribution >= 0.6 is 0 Å². The number of carboxylic acids is 1. The lowest BCUT2D eigenvalue weighted by Gasteiger charge is -2.16. The number of halogens is 3. The van der Waals surface area contributed by atoms with Crippen LogP contribution in [0.4, 0.5) is 13.2 Å². The van der Waals surface area contributed by atoms with Gasteiger partial charge in [-0.15, -0.1) is 0 Å². The van der Waals surface area contributed by atoms with Gasteiger partial charge in [-0.1, -0.05) is 32.4 Å². The first-order chi connectivity index (χ1) is 11.1. The van der Waals surface area contributed by atoms with Crippen molar-refractivity contribution in [2.45, 2.75) is 39.3 Å². The first-order valence-electron chi connectivity index (χ1n) is 7.81. The van der Waals surface area contributed by atoms with Crippen LogP contribution in [0.15, 0.2) is 24.3 Å². The number of rotatable bonds is 8. The first-order valence-corrected chi connectivity index (χ1v) is 7.81. The second-order valence-electron chi connectivity index (χ2n) is 5.87. The SMILES string of the molecule is CCCC(CNC(=O)C(C)Cc1ccc(C(F)(F)F)cc1)C(=O)O. The minimum Gasteiger partial charge on any atom is -0.481 e. The topological polar surface area (TPSA) is 66.4 Å². The molecule has 0 spiro atoms. The van der Waals surface area contributed by atoms with Gasteiger partial charge in [0.2, 0.25) is 5.91 Å². The lowest BCUT2D eigenvalue weighted by molar-refractivity contribution is -0.142. The molecule has 4 nitrogen and oxygen atoms in total. The molecular weight excluding hydrogens is 323 g/mol. The van der Waals surface area contributed by atoms with Gasteiger partial charge >= 0.3 is 12.1 Å². The number of nitrogens with one attached hydrogen (secondary N) is 1. The molecule has 0 aliphatic heterocycles. The Balaban J connectivity index is 2.56. The van der Waals surface area contributed by atoms with Crippen LogP contribution in [0.3, 0.4) is 0 Å². The second-order valence-corrected chi connectivity index (χ2v) is 5.87. The van der Waals surface area contributed by atoms with Crippen LogP contribution in [-0.4, -0.2) is 23.5 Å². The van der Waals surface area contributed by atoms with Gasteiger partial charge in [-0.2, -0.15) is 13.2 Å². The Morgan fingerprint density at radius 2 is 1.79 bits per heavy atom. The molecule has 1 aromatic rings. The van der Waals surface area contributed by atoms with Gasteiger partial charge in [0.05, 0.1) is 11.5 Å². The molecule has 0 aliphatic rings. The number of aliphatic carboxylic acids is 1. The number of carboxylic acid groups (broad SMARTS) is 1. The van der Waals surface area contributed by atoms with E-state index in [4.69, 9.17) is 5.11 Å². The van der Waals surface area contributed by atoms with E-state index in [1.54, 1.807) is 6.92 Å². The number of hydrogen-bond acceptors (Lipinski definition) is 2. The van der Waals surface area contributed by atoms with Crippen molar-refractivity contribution in [2.75, 3.05) is 6.54 Å². The molecule has 1 amide bonds. The Morgan fingerprint density at radius 1 is 1.21 bits per heavy atom. The van der Waals surface area contributed by atoms with Crippen LogP contribution in [0.2, 0.25) is 0 Å². The average molecular weight is 345 g/mol. The molecule has 0 fully saturated rings. The number of alkyl halides is 3. The minimum absolute atomic E-state index is 0.0549. The van der Waals surface area contributed by atoms with Gasteiger partial charge in [0.1, 0.15) is 0 Å². The molecule has 0 saturated heterocycles. The summed E-state index contributed by atoms with van der Waals surface area (Å²) in [6.07, 6.45) is -2.92. The van der Waals surface area contributed by atoms with Crippen LogP contribution in [0.1, 0.15) is 37.8 Å². The van der Waals surface area contributed by atoms with Crippen LogP contribution in [0, 0.1) is 11.8 Å². The van der Waals surface area contributed by atoms with Crippen LogP contribution in [0.5, 0.6) is 0 Å². The largest absolute Gasteiger partial charge is 0.481 e. The van der Waals surface area contributed by atoms with E-state index >= 15 is 0 Å². The highest BCUT2D eigenvalue weighted by Crippen LogP contribution is 2.29. The molecule has 1 rings (SSSR count). The highest BCUT2D eigenvalue weighted by molar-refractivity contribution is 5.79. The maximum atomic E-state index is 12.5. The number of carbonyl (C=O) groups excluding carboxylic acids is 1. The highest BCUT2D eigenvalue weighted by atomic mass is 19.4. The molecule has 0 aromatic heterocycles. The molecule has 0 heterocycles. The fourth-order valence-corrected chi connectivity index (χ4v) is 2.34. The quantitative estimate of drug-likeness (QED) is 0.758. The van der Waals surface area contributed by atoms with E-state index in [0.29, 0.717) is 18.4 Å². The molecule has 2 N–H and O–H groups in total. The molecule has 7 heteroatoms. The molecule has 0 radical (unpaired) electrons. The molecule has 1 aromatic carbocycles. The van der Waals surface area contributed by atoms with Crippen molar-refractivity contribution < 1.29 is 27.9 Å². The summed E-state index contributed by atoms with van der Waals surface area (Å²) in [6, 6.07) is 4.68. The molecule has 134 valence electrons. The van der Waals surface area contributed by atoms with Gasteiger partial charge < -0.3 is 10.4 Å². The van der Waals surface area contributed by atoms with E-state index in [1.807, 2.05) is 6.92 Å². The van der Waals surface area contributed by atoms with Crippen molar-refractivity contribution in [3.05, 3.63) is 35.4 Å². The van der Waals surface area contributed by atoms with Gasteiger partial charge in [-0.3, -0.25) is 9.59 Å². The summed E-state index contributed by atoms with van der Waals surface area (Å²) in [7, 11) is 0. The van der Waals surface area contributed by atoms with Crippen molar-refractivity contribution in [3.8, 4) is 0 Å². The van der Waals surface area contributed by atoms with Gasteiger partial charge in [0.25, 0.3) is 0 Å². The maximum Gasteiger partial charge on any atom is 0.416 e. The number of hydrogen-bond donors (Lipinski definition) is 2. The molecule has 2 atom stereocenters. The first kappa shape index (κ1) is 20.0. The van der Waals surface area contributed by atoms with E-state index in [-0.39, 0.29) is 18.9 Å². The van der Waals surface area contributed by atoms with Crippen molar-refractivity contribution in [1.82, 2.24) is 5.32 Å². The zero-order chi connectivity index (χ0) is 18.3. The number of amides is 1. The summed E-state index contributed by atoms with van der Waals surface area (Å²) in [5.74, 6) is -2.35. The highest BCUT2D eigenvalue weighted by Gasteiger charge is 2.30. The fraction of sp³-hybridized carbons (Fsp3) is 0.529. The second kappa shape index (κ2) is 8.70. The molecule has 24 heavy (non-hydrogen) atoms. The van der Waals surface area contributed by atoms with Gasteiger partial charge in [-0.25, -0.2) is 0 Å².